The SMILES string of the molecule is CC#N.N=C(N)c1ccccc1. The van der Waals surface area contributed by atoms with Gasteiger partial charge in [-0.2, -0.15) is 5.26 Å². The van der Waals surface area contributed by atoms with E-state index in [9.17, 15) is 0 Å². The van der Waals surface area contributed by atoms with Gasteiger partial charge in [0.15, 0.2) is 0 Å². The molecule has 0 aliphatic carbocycles. The smallest absolute Gasteiger partial charge is 0.122 e. The minimum atomic E-state index is 0.121. The van der Waals surface area contributed by atoms with E-state index in [0.717, 1.165) is 5.56 Å². The van der Waals surface area contributed by atoms with Crippen LogP contribution < -0.4 is 5.73 Å². The van der Waals surface area contributed by atoms with Crippen LogP contribution in [0.2, 0.25) is 0 Å². The Morgan fingerprint density at radius 1 is 1.42 bits per heavy atom. The van der Waals surface area contributed by atoms with E-state index < -0.39 is 0 Å². The van der Waals surface area contributed by atoms with Crippen LogP contribution in [0, 0.1) is 16.7 Å². The lowest BCUT2D eigenvalue weighted by atomic mass is 10.2. The molecule has 1 aromatic carbocycles. The van der Waals surface area contributed by atoms with Gasteiger partial charge in [0.25, 0.3) is 0 Å². The van der Waals surface area contributed by atoms with Gasteiger partial charge in [-0.15, -0.1) is 0 Å². The summed E-state index contributed by atoms with van der Waals surface area (Å²) in [6.07, 6.45) is 0. The highest BCUT2D eigenvalue weighted by atomic mass is 14.7. The Hall–Kier alpha value is -1.82. The molecule has 0 heterocycles. The van der Waals surface area contributed by atoms with E-state index in [1.165, 1.54) is 6.92 Å². The van der Waals surface area contributed by atoms with Crippen molar-refractivity contribution >= 4 is 5.84 Å². The monoisotopic (exact) mass is 161 g/mol. The molecule has 0 fully saturated rings. The number of nitrogens with zero attached hydrogens (tertiary/aromatic N) is 1. The minimum Gasteiger partial charge on any atom is -0.384 e. The molecule has 0 aliphatic rings. The normalized spacial score (nSPS) is 7.33. The van der Waals surface area contributed by atoms with E-state index in [0.29, 0.717) is 0 Å². The molecule has 0 atom stereocenters. The molecule has 0 bridgehead atoms. The third kappa shape index (κ3) is 4.07. The molecule has 0 unspecified atom stereocenters. The highest BCUT2D eigenvalue weighted by molar-refractivity contribution is 5.94. The maximum absolute atomic E-state index is 7.32. The Morgan fingerprint density at radius 3 is 2.08 bits per heavy atom. The topological polar surface area (TPSA) is 73.7 Å². The highest BCUT2D eigenvalue weighted by Crippen LogP contribution is 1.94. The van der Waals surface area contributed by atoms with Gasteiger partial charge in [-0.3, -0.25) is 5.41 Å². The number of benzene rings is 1. The Kier molecular flexibility index (Phi) is 5.03. The van der Waals surface area contributed by atoms with E-state index in [2.05, 4.69) is 0 Å². The van der Waals surface area contributed by atoms with E-state index in [-0.39, 0.29) is 5.84 Å². The third-order valence-corrected chi connectivity index (χ3v) is 1.08. The Labute approximate surface area is 71.9 Å². The van der Waals surface area contributed by atoms with Gasteiger partial charge in [-0.05, 0) is 0 Å². The number of nitriles is 1. The van der Waals surface area contributed by atoms with Crippen LogP contribution in [-0.4, -0.2) is 5.84 Å². The van der Waals surface area contributed by atoms with E-state index in [1.807, 2.05) is 30.3 Å². The van der Waals surface area contributed by atoms with Gasteiger partial charge < -0.3 is 5.73 Å². The van der Waals surface area contributed by atoms with Crippen LogP contribution in [0.4, 0.5) is 0 Å². The number of rotatable bonds is 1. The predicted octanol–water partition coefficient (Wildman–Crippen LogP) is 1.50. The van der Waals surface area contributed by atoms with Crippen molar-refractivity contribution in [2.24, 2.45) is 5.73 Å². The van der Waals surface area contributed by atoms with Gasteiger partial charge in [0.1, 0.15) is 5.84 Å². The van der Waals surface area contributed by atoms with Gasteiger partial charge >= 0.3 is 0 Å². The highest BCUT2D eigenvalue weighted by Gasteiger charge is 1.89. The first-order chi connectivity index (χ1) is 5.72. The lowest BCUT2D eigenvalue weighted by molar-refractivity contribution is 1.42. The summed E-state index contributed by atoms with van der Waals surface area (Å²) in [7, 11) is 0. The fourth-order valence-electron chi connectivity index (χ4n) is 0.618. The lowest BCUT2D eigenvalue weighted by Crippen LogP contribution is -2.10. The molecule has 0 aliphatic heterocycles. The minimum absolute atomic E-state index is 0.121. The molecule has 0 saturated heterocycles. The first-order valence-corrected chi connectivity index (χ1v) is 3.42. The molecule has 3 heteroatoms. The summed E-state index contributed by atoms with van der Waals surface area (Å²) in [6.45, 7) is 1.43. The van der Waals surface area contributed by atoms with Crippen LogP contribution in [0.15, 0.2) is 30.3 Å². The summed E-state index contributed by atoms with van der Waals surface area (Å²) in [6, 6.07) is 11.0. The molecular weight excluding hydrogens is 150 g/mol. The molecule has 0 spiro atoms. The largest absolute Gasteiger partial charge is 0.384 e. The second-order valence-electron chi connectivity index (χ2n) is 2.00. The molecule has 3 nitrogen and oxygen atoms in total. The molecule has 3 N–H and O–H groups in total. The summed E-state index contributed by atoms with van der Waals surface area (Å²) in [5.41, 5.74) is 5.97. The van der Waals surface area contributed by atoms with Crippen molar-refractivity contribution in [1.29, 1.82) is 10.7 Å². The second kappa shape index (κ2) is 5.93. The summed E-state index contributed by atoms with van der Waals surface area (Å²) < 4.78 is 0. The molecule has 62 valence electrons. The van der Waals surface area contributed by atoms with Gasteiger partial charge in [-0.1, -0.05) is 30.3 Å². The molecule has 0 amide bonds. The average Bonchev–Trinajstić information content (AvgIpc) is 2.07. The van der Waals surface area contributed by atoms with Gasteiger partial charge in [0.2, 0.25) is 0 Å². The van der Waals surface area contributed by atoms with Gasteiger partial charge in [-0.25, -0.2) is 0 Å². The van der Waals surface area contributed by atoms with E-state index >= 15 is 0 Å². The number of nitrogens with two attached hydrogens (primary N) is 1. The van der Waals surface area contributed by atoms with Crippen molar-refractivity contribution in [3.8, 4) is 6.07 Å². The van der Waals surface area contributed by atoms with E-state index in [4.69, 9.17) is 16.4 Å². The molecule has 0 radical (unpaired) electrons. The second-order valence-corrected chi connectivity index (χ2v) is 2.00. The van der Waals surface area contributed by atoms with Gasteiger partial charge in [0.05, 0.1) is 6.07 Å². The van der Waals surface area contributed by atoms with Crippen LogP contribution in [0.5, 0.6) is 0 Å². The maximum Gasteiger partial charge on any atom is 0.122 e. The van der Waals surface area contributed by atoms with E-state index in [1.54, 1.807) is 6.07 Å². The Bertz CT molecular complexity index is 272. The quantitative estimate of drug-likeness (QED) is 0.484. The van der Waals surface area contributed by atoms with Crippen LogP contribution in [0.3, 0.4) is 0 Å². The number of hydrogen-bond donors (Lipinski definition) is 2. The summed E-state index contributed by atoms with van der Waals surface area (Å²) in [5.74, 6) is 0.121. The molecule has 1 aromatic rings. The predicted molar refractivity (Wildman–Crippen MR) is 48.7 cm³/mol. The van der Waals surface area contributed by atoms with Gasteiger partial charge in [0, 0.05) is 12.5 Å². The summed E-state index contributed by atoms with van der Waals surface area (Å²) in [5, 5.41) is 14.3. The van der Waals surface area contributed by atoms with Crippen molar-refractivity contribution < 1.29 is 0 Å². The van der Waals surface area contributed by atoms with Crippen LogP contribution in [0.25, 0.3) is 0 Å². The standard InChI is InChI=1S/C7H8N2.C2H3N/c8-7(9)6-4-2-1-3-5-6;1-2-3/h1-5H,(H3,8,9);1H3. The first-order valence-electron chi connectivity index (χ1n) is 3.42. The summed E-state index contributed by atoms with van der Waals surface area (Å²) >= 11 is 0. The lowest BCUT2D eigenvalue weighted by Gasteiger charge is -1.93. The fraction of sp³-hybridized carbons (Fsp3) is 0.111. The summed E-state index contributed by atoms with van der Waals surface area (Å²) in [4.78, 5) is 0. The van der Waals surface area contributed by atoms with Crippen molar-refractivity contribution in [3.63, 3.8) is 0 Å². The molecular formula is C9H11N3. The van der Waals surface area contributed by atoms with Crippen LogP contribution >= 0.6 is 0 Å². The molecule has 0 aromatic heterocycles. The van der Waals surface area contributed by atoms with Crippen molar-refractivity contribution in [1.82, 2.24) is 0 Å². The number of nitrogens with one attached hydrogen (secondary N) is 1. The zero-order valence-electron chi connectivity index (χ0n) is 6.91. The number of nitrogen functional groups attached to an aromatic ring is 1. The van der Waals surface area contributed by atoms with Crippen molar-refractivity contribution in [3.05, 3.63) is 35.9 Å². The Morgan fingerprint density at radius 2 is 1.83 bits per heavy atom. The zero-order chi connectivity index (χ0) is 9.40. The van der Waals surface area contributed by atoms with Crippen molar-refractivity contribution in [2.45, 2.75) is 6.92 Å². The third-order valence-electron chi connectivity index (χ3n) is 1.08. The zero-order valence-corrected chi connectivity index (χ0v) is 6.91. The fourth-order valence-corrected chi connectivity index (χ4v) is 0.618. The average molecular weight is 161 g/mol. The molecule has 1 rings (SSSR count). The Balaban J connectivity index is 0.000000354. The number of amidine groups is 1. The van der Waals surface area contributed by atoms with Crippen LogP contribution in [0.1, 0.15) is 12.5 Å². The first kappa shape index (κ1) is 10.2. The molecule has 12 heavy (non-hydrogen) atoms. The maximum atomic E-state index is 7.32. The van der Waals surface area contributed by atoms with Crippen LogP contribution in [-0.2, 0) is 0 Å². The number of hydrogen-bond acceptors (Lipinski definition) is 2. The molecule has 0 saturated carbocycles. The van der Waals surface area contributed by atoms with Crippen molar-refractivity contribution in [2.75, 3.05) is 0 Å².